The fourth-order valence-corrected chi connectivity index (χ4v) is 1.56. The van der Waals surface area contributed by atoms with E-state index in [-0.39, 0.29) is 11.9 Å². The Kier molecular flexibility index (Phi) is 4.55. The summed E-state index contributed by atoms with van der Waals surface area (Å²) in [6, 6.07) is 0. The average molecular weight is 199 g/mol. The standard InChI is InChI=1S/C11H21NO2/c1-9(2)4-5-10(13)11-8-12(3)6-7-14-11/h9,11H,4-8H2,1-3H3. The highest BCUT2D eigenvalue weighted by Crippen LogP contribution is 2.10. The van der Waals surface area contributed by atoms with Crippen molar-refractivity contribution < 1.29 is 9.53 Å². The number of likely N-dealkylation sites (N-methyl/N-ethyl adjacent to an activating group) is 1. The van der Waals surface area contributed by atoms with Crippen LogP contribution >= 0.6 is 0 Å². The summed E-state index contributed by atoms with van der Waals surface area (Å²) in [5.41, 5.74) is 0. The minimum Gasteiger partial charge on any atom is -0.368 e. The average Bonchev–Trinajstić information content (AvgIpc) is 2.14. The zero-order valence-corrected chi connectivity index (χ0v) is 9.45. The Morgan fingerprint density at radius 3 is 2.86 bits per heavy atom. The van der Waals surface area contributed by atoms with E-state index in [1.54, 1.807) is 0 Å². The maximum absolute atomic E-state index is 11.7. The molecule has 3 heteroatoms. The van der Waals surface area contributed by atoms with Crippen LogP contribution in [0.25, 0.3) is 0 Å². The van der Waals surface area contributed by atoms with Crippen LogP contribution in [0, 0.1) is 5.92 Å². The summed E-state index contributed by atoms with van der Waals surface area (Å²) in [5.74, 6) is 0.866. The number of carbonyl (C=O) groups is 1. The molecule has 14 heavy (non-hydrogen) atoms. The van der Waals surface area contributed by atoms with Crippen LogP contribution in [0.4, 0.5) is 0 Å². The summed E-state index contributed by atoms with van der Waals surface area (Å²) >= 11 is 0. The van der Waals surface area contributed by atoms with Crippen molar-refractivity contribution in [3.8, 4) is 0 Å². The van der Waals surface area contributed by atoms with Gasteiger partial charge < -0.3 is 9.64 Å². The number of Topliss-reactive ketones (excluding diaryl/α,β-unsaturated/α-hetero) is 1. The van der Waals surface area contributed by atoms with Gasteiger partial charge in [0.2, 0.25) is 0 Å². The van der Waals surface area contributed by atoms with E-state index in [1.807, 2.05) is 7.05 Å². The number of ketones is 1. The maximum atomic E-state index is 11.7. The first-order valence-electron chi connectivity index (χ1n) is 5.42. The minimum atomic E-state index is -0.174. The molecule has 0 N–H and O–H groups in total. The second-order valence-electron chi connectivity index (χ2n) is 4.52. The van der Waals surface area contributed by atoms with Gasteiger partial charge in [-0.2, -0.15) is 0 Å². The Balaban J connectivity index is 2.29. The van der Waals surface area contributed by atoms with E-state index in [4.69, 9.17) is 4.74 Å². The molecule has 0 amide bonds. The molecule has 0 aliphatic carbocycles. The summed E-state index contributed by atoms with van der Waals surface area (Å²) in [7, 11) is 2.03. The van der Waals surface area contributed by atoms with Gasteiger partial charge in [-0.3, -0.25) is 4.79 Å². The molecule has 1 saturated heterocycles. The predicted octanol–water partition coefficient (Wildman–Crippen LogP) is 1.32. The maximum Gasteiger partial charge on any atom is 0.162 e. The zero-order chi connectivity index (χ0) is 10.6. The number of hydrogen-bond acceptors (Lipinski definition) is 3. The van der Waals surface area contributed by atoms with Crippen LogP contribution in [0.2, 0.25) is 0 Å². The van der Waals surface area contributed by atoms with Gasteiger partial charge in [0.25, 0.3) is 0 Å². The SMILES string of the molecule is CC(C)CCC(=O)C1CN(C)CCO1. The van der Waals surface area contributed by atoms with E-state index in [0.29, 0.717) is 18.9 Å². The highest BCUT2D eigenvalue weighted by Gasteiger charge is 2.24. The van der Waals surface area contributed by atoms with Crippen LogP contribution in [0.1, 0.15) is 26.7 Å². The summed E-state index contributed by atoms with van der Waals surface area (Å²) in [6.45, 7) is 6.67. The summed E-state index contributed by atoms with van der Waals surface area (Å²) in [6.07, 6.45) is 1.46. The molecule has 1 atom stereocenters. The quantitative estimate of drug-likeness (QED) is 0.684. The lowest BCUT2D eigenvalue weighted by Gasteiger charge is -2.29. The number of carbonyl (C=O) groups excluding carboxylic acids is 1. The lowest BCUT2D eigenvalue weighted by atomic mass is 10.0. The number of rotatable bonds is 4. The van der Waals surface area contributed by atoms with Crippen molar-refractivity contribution in [2.75, 3.05) is 26.7 Å². The molecule has 0 saturated carbocycles. The molecule has 1 heterocycles. The number of ether oxygens (including phenoxy) is 1. The normalized spacial score (nSPS) is 24.1. The Morgan fingerprint density at radius 1 is 1.57 bits per heavy atom. The molecule has 1 aliphatic rings. The van der Waals surface area contributed by atoms with Gasteiger partial charge in [0.05, 0.1) is 6.61 Å². The summed E-state index contributed by atoms with van der Waals surface area (Å²) < 4.78 is 5.45. The molecule has 82 valence electrons. The molecule has 1 unspecified atom stereocenters. The fraction of sp³-hybridized carbons (Fsp3) is 0.909. The van der Waals surface area contributed by atoms with Crippen molar-refractivity contribution in [2.24, 2.45) is 5.92 Å². The van der Waals surface area contributed by atoms with E-state index in [9.17, 15) is 4.79 Å². The van der Waals surface area contributed by atoms with E-state index < -0.39 is 0 Å². The smallest absolute Gasteiger partial charge is 0.162 e. The van der Waals surface area contributed by atoms with Gasteiger partial charge in [-0.05, 0) is 19.4 Å². The van der Waals surface area contributed by atoms with Gasteiger partial charge in [0, 0.05) is 19.5 Å². The highest BCUT2D eigenvalue weighted by molar-refractivity contribution is 5.83. The van der Waals surface area contributed by atoms with Crippen molar-refractivity contribution in [2.45, 2.75) is 32.8 Å². The zero-order valence-electron chi connectivity index (χ0n) is 9.45. The minimum absolute atomic E-state index is 0.174. The van der Waals surface area contributed by atoms with Gasteiger partial charge in [-0.25, -0.2) is 0 Å². The first-order valence-corrected chi connectivity index (χ1v) is 5.42. The molecule has 1 fully saturated rings. The van der Waals surface area contributed by atoms with Crippen LogP contribution in [0.3, 0.4) is 0 Å². The molecular weight excluding hydrogens is 178 g/mol. The van der Waals surface area contributed by atoms with Crippen molar-refractivity contribution in [1.29, 1.82) is 0 Å². The third-order valence-electron chi connectivity index (χ3n) is 2.60. The number of hydrogen-bond donors (Lipinski definition) is 0. The van der Waals surface area contributed by atoms with E-state index in [0.717, 1.165) is 19.5 Å². The van der Waals surface area contributed by atoms with Gasteiger partial charge in [0.1, 0.15) is 6.10 Å². The van der Waals surface area contributed by atoms with Crippen LogP contribution in [0.15, 0.2) is 0 Å². The van der Waals surface area contributed by atoms with Crippen LogP contribution in [-0.4, -0.2) is 43.5 Å². The van der Waals surface area contributed by atoms with Crippen LogP contribution in [0.5, 0.6) is 0 Å². The fourth-order valence-electron chi connectivity index (χ4n) is 1.56. The van der Waals surface area contributed by atoms with Gasteiger partial charge >= 0.3 is 0 Å². The Bertz CT molecular complexity index is 192. The molecule has 0 spiro atoms. The molecule has 3 nitrogen and oxygen atoms in total. The van der Waals surface area contributed by atoms with Crippen molar-refractivity contribution in [3.05, 3.63) is 0 Å². The van der Waals surface area contributed by atoms with Gasteiger partial charge in [0.15, 0.2) is 5.78 Å². The van der Waals surface area contributed by atoms with Crippen molar-refractivity contribution >= 4 is 5.78 Å². The molecule has 1 rings (SSSR count). The number of morpholine rings is 1. The molecular formula is C11H21NO2. The van der Waals surface area contributed by atoms with Crippen LogP contribution in [-0.2, 0) is 9.53 Å². The Labute approximate surface area is 86.4 Å². The number of nitrogens with zero attached hydrogens (tertiary/aromatic N) is 1. The van der Waals surface area contributed by atoms with E-state index in [1.165, 1.54) is 0 Å². The summed E-state index contributed by atoms with van der Waals surface area (Å²) in [5, 5.41) is 0. The Morgan fingerprint density at radius 2 is 2.29 bits per heavy atom. The second kappa shape index (κ2) is 5.47. The molecule has 0 aromatic rings. The molecule has 1 aliphatic heterocycles. The third-order valence-corrected chi connectivity index (χ3v) is 2.60. The summed E-state index contributed by atoms with van der Waals surface area (Å²) in [4.78, 5) is 13.9. The Hall–Kier alpha value is -0.410. The first-order chi connectivity index (χ1) is 6.59. The molecule has 0 radical (unpaired) electrons. The molecule has 0 bridgehead atoms. The van der Waals surface area contributed by atoms with Gasteiger partial charge in [-0.15, -0.1) is 0 Å². The lowest BCUT2D eigenvalue weighted by molar-refractivity contribution is -0.135. The first kappa shape index (κ1) is 11.7. The third kappa shape index (κ3) is 3.76. The molecule has 0 aromatic carbocycles. The second-order valence-corrected chi connectivity index (χ2v) is 4.52. The monoisotopic (exact) mass is 199 g/mol. The van der Waals surface area contributed by atoms with Crippen LogP contribution < -0.4 is 0 Å². The van der Waals surface area contributed by atoms with Crippen molar-refractivity contribution in [1.82, 2.24) is 4.90 Å². The topological polar surface area (TPSA) is 29.5 Å². The highest BCUT2D eigenvalue weighted by atomic mass is 16.5. The van der Waals surface area contributed by atoms with Crippen molar-refractivity contribution in [3.63, 3.8) is 0 Å². The largest absolute Gasteiger partial charge is 0.368 e. The molecule has 0 aromatic heterocycles. The predicted molar refractivity (Wildman–Crippen MR) is 56.3 cm³/mol. The van der Waals surface area contributed by atoms with E-state index >= 15 is 0 Å². The van der Waals surface area contributed by atoms with E-state index in [2.05, 4.69) is 18.7 Å². The lowest BCUT2D eigenvalue weighted by Crippen LogP contribution is -2.44. The van der Waals surface area contributed by atoms with Gasteiger partial charge in [-0.1, -0.05) is 13.8 Å².